The van der Waals surface area contributed by atoms with Gasteiger partial charge in [0.25, 0.3) is 0 Å². The van der Waals surface area contributed by atoms with E-state index in [1.54, 1.807) is 0 Å². The first kappa shape index (κ1) is 6.02. The van der Waals surface area contributed by atoms with Gasteiger partial charge < -0.3 is 5.32 Å². The van der Waals surface area contributed by atoms with Crippen molar-refractivity contribution in [2.45, 2.75) is 19.5 Å². The molecule has 1 aliphatic heterocycles. The molecule has 48 valence electrons. The van der Waals surface area contributed by atoms with Crippen molar-refractivity contribution in [3.8, 4) is 0 Å². The van der Waals surface area contributed by atoms with E-state index in [9.17, 15) is 4.39 Å². The summed E-state index contributed by atoms with van der Waals surface area (Å²) < 4.78 is 12.5. The fourth-order valence-electron chi connectivity index (χ4n) is 0.982. The summed E-state index contributed by atoms with van der Waals surface area (Å²) in [5.41, 5.74) is 0. The number of hydrogen-bond acceptors (Lipinski definition) is 1. The monoisotopic (exact) mass is 117 g/mol. The van der Waals surface area contributed by atoms with Crippen molar-refractivity contribution in [1.29, 1.82) is 0 Å². The number of hydrogen-bond donors (Lipinski definition) is 1. The zero-order valence-corrected chi connectivity index (χ0v) is 5.15. The molecular formula is C6H12FN. The zero-order chi connectivity index (χ0) is 5.98. The summed E-state index contributed by atoms with van der Waals surface area (Å²) in [6.45, 7) is 3.64. The summed E-state index contributed by atoms with van der Waals surface area (Å²) in [4.78, 5) is 0. The minimum absolute atomic E-state index is 0.226. The van der Waals surface area contributed by atoms with Crippen LogP contribution in [0.5, 0.6) is 0 Å². The molecule has 1 saturated heterocycles. The van der Waals surface area contributed by atoms with Crippen LogP contribution in [0.4, 0.5) is 4.39 Å². The van der Waals surface area contributed by atoms with Crippen LogP contribution in [0.25, 0.3) is 0 Å². The normalized spacial score (nSPS) is 39.8. The summed E-state index contributed by atoms with van der Waals surface area (Å²) >= 11 is 0. The van der Waals surface area contributed by atoms with E-state index >= 15 is 0 Å². The molecule has 0 aromatic carbocycles. The van der Waals surface area contributed by atoms with E-state index in [1.165, 1.54) is 0 Å². The highest BCUT2D eigenvalue weighted by Crippen LogP contribution is 2.12. The molecular weight excluding hydrogens is 105 g/mol. The van der Waals surface area contributed by atoms with Crippen LogP contribution in [-0.2, 0) is 0 Å². The summed E-state index contributed by atoms with van der Waals surface area (Å²) in [5, 5.41) is 3.12. The Bertz CT molecular complexity index is 64.9. The molecule has 0 amide bonds. The maximum Gasteiger partial charge on any atom is 0.105 e. The fourth-order valence-corrected chi connectivity index (χ4v) is 0.982. The molecule has 0 radical (unpaired) electrons. The van der Waals surface area contributed by atoms with Crippen LogP contribution in [0.1, 0.15) is 13.3 Å². The van der Waals surface area contributed by atoms with Crippen LogP contribution in [0, 0.1) is 5.92 Å². The van der Waals surface area contributed by atoms with Crippen molar-refractivity contribution in [2.75, 3.05) is 13.1 Å². The molecule has 1 heterocycles. The Kier molecular flexibility index (Phi) is 1.84. The highest BCUT2D eigenvalue weighted by molar-refractivity contribution is 4.73. The molecule has 0 aromatic heterocycles. The van der Waals surface area contributed by atoms with Crippen molar-refractivity contribution in [1.82, 2.24) is 5.32 Å². The van der Waals surface area contributed by atoms with E-state index in [1.807, 2.05) is 6.92 Å². The third kappa shape index (κ3) is 1.19. The number of rotatable bonds is 0. The van der Waals surface area contributed by atoms with Gasteiger partial charge in [0.1, 0.15) is 6.17 Å². The lowest BCUT2D eigenvalue weighted by molar-refractivity contribution is 0.192. The average molecular weight is 117 g/mol. The molecule has 2 heteroatoms. The summed E-state index contributed by atoms with van der Waals surface area (Å²) in [7, 11) is 0. The maximum atomic E-state index is 12.5. The average Bonchev–Trinajstić information content (AvgIpc) is 1.77. The number of halogens is 1. The molecule has 0 unspecified atom stereocenters. The number of nitrogens with one attached hydrogen (secondary N) is 1. The smallest absolute Gasteiger partial charge is 0.105 e. The Morgan fingerprint density at radius 1 is 1.62 bits per heavy atom. The third-order valence-corrected chi connectivity index (χ3v) is 1.68. The van der Waals surface area contributed by atoms with Gasteiger partial charge in [-0.05, 0) is 18.9 Å². The van der Waals surface area contributed by atoms with E-state index < -0.39 is 6.17 Å². The van der Waals surface area contributed by atoms with Crippen LogP contribution >= 0.6 is 0 Å². The van der Waals surface area contributed by atoms with Gasteiger partial charge in [-0.1, -0.05) is 6.92 Å². The number of piperidine rings is 1. The summed E-state index contributed by atoms with van der Waals surface area (Å²) in [5.74, 6) is 0.226. The Labute approximate surface area is 49.3 Å². The standard InChI is InChI=1S/C6H12FN/c1-5-4-8-3-2-6(5)7/h5-6,8H,2-4H2,1H3/t5-,6-/m0/s1. The van der Waals surface area contributed by atoms with E-state index in [2.05, 4.69) is 5.32 Å². The van der Waals surface area contributed by atoms with Crippen molar-refractivity contribution < 1.29 is 4.39 Å². The van der Waals surface area contributed by atoms with Gasteiger partial charge >= 0.3 is 0 Å². The predicted molar refractivity (Wildman–Crippen MR) is 31.5 cm³/mol. The van der Waals surface area contributed by atoms with Crippen molar-refractivity contribution in [3.05, 3.63) is 0 Å². The molecule has 1 nitrogen and oxygen atoms in total. The first-order valence-electron chi connectivity index (χ1n) is 3.15. The van der Waals surface area contributed by atoms with Gasteiger partial charge in [-0.2, -0.15) is 0 Å². The Hall–Kier alpha value is -0.110. The minimum atomic E-state index is -0.559. The van der Waals surface area contributed by atoms with Gasteiger partial charge in [0.2, 0.25) is 0 Å². The highest BCUT2D eigenvalue weighted by Gasteiger charge is 2.18. The third-order valence-electron chi connectivity index (χ3n) is 1.68. The van der Waals surface area contributed by atoms with Crippen LogP contribution in [-0.4, -0.2) is 19.3 Å². The Morgan fingerprint density at radius 3 is 2.75 bits per heavy atom. The lowest BCUT2D eigenvalue weighted by Crippen LogP contribution is -2.35. The van der Waals surface area contributed by atoms with E-state index in [0.717, 1.165) is 13.1 Å². The van der Waals surface area contributed by atoms with Crippen LogP contribution in [0.2, 0.25) is 0 Å². The largest absolute Gasteiger partial charge is 0.316 e. The molecule has 1 fully saturated rings. The second-order valence-corrected chi connectivity index (χ2v) is 2.49. The molecule has 1 aliphatic rings. The van der Waals surface area contributed by atoms with Crippen LogP contribution in [0.15, 0.2) is 0 Å². The van der Waals surface area contributed by atoms with Gasteiger partial charge in [0.05, 0.1) is 0 Å². The molecule has 0 aliphatic carbocycles. The molecule has 8 heavy (non-hydrogen) atoms. The lowest BCUT2D eigenvalue weighted by atomic mass is 10.0. The van der Waals surface area contributed by atoms with E-state index in [4.69, 9.17) is 0 Å². The topological polar surface area (TPSA) is 12.0 Å². The Morgan fingerprint density at radius 2 is 2.38 bits per heavy atom. The molecule has 2 atom stereocenters. The SMILES string of the molecule is C[C@H]1CNCC[C@@H]1F. The molecule has 0 bridgehead atoms. The molecule has 1 N–H and O–H groups in total. The predicted octanol–water partition coefficient (Wildman–Crippen LogP) is 0.954. The number of alkyl halides is 1. The van der Waals surface area contributed by atoms with Crippen LogP contribution in [0.3, 0.4) is 0 Å². The van der Waals surface area contributed by atoms with Crippen LogP contribution < -0.4 is 5.32 Å². The van der Waals surface area contributed by atoms with E-state index in [-0.39, 0.29) is 5.92 Å². The van der Waals surface area contributed by atoms with Crippen molar-refractivity contribution in [3.63, 3.8) is 0 Å². The fraction of sp³-hybridized carbons (Fsp3) is 1.00. The van der Waals surface area contributed by atoms with Gasteiger partial charge in [-0.15, -0.1) is 0 Å². The van der Waals surface area contributed by atoms with Gasteiger partial charge in [0.15, 0.2) is 0 Å². The quantitative estimate of drug-likeness (QED) is 0.498. The first-order chi connectivity index (χ1) is 3.80. The first-order valence-corrected chi connectivity index (χ1v) is 3.15. The second kappa shape index (κ2) is 2.44. The molecule has 0 spiro atoms. The molecule has 0 saturated carbocycles. The van der Waals surface area contributed by atoms with Gasteiger partial charge in [-0.3, -0.25) is 0 Å². The van der Waals surface area contributed by atoms with Gasteiger partial charge in [0, 0.05) is 6.54 Å². The minimum Gasteiger partial charge on any atom is -0.316 e. The molecule has 0 aromatic rings. The van der Waals surface area contributed by atoms with Gasteiger partial charge in [-0.25, -0.2) is 4.39 Å². The van der Waals surface area contributed by atoms with Crippen molar-refractivity contribution >= 4 is 0 Å². The summed E-state index contributed by atoms with van der Waals surface area (Å²) in [6, 6.07) is 0. The molecule has 1 rings (SSSR count). The lowest BCUT2D eigenvalue weighted by Gasteiger charge is -2.22. The zero-order valence-electron chi connectivity index (χ0n) is 5.15. The maximum absolute atomic E-state index is 12.5. The van der Waals surface area contributed by atoms with Crippen molar-refractivity contribution in [2.24, 2.45) is 5.92 Å². The second-order valence-electron chi connectivity index (χ2n) is 2.49. The highest BCUT2D eigenvalue weighted by atomic mass is 19.1. The Balaban J connectivity index is 2.28. The summed E-state index contributed by atoms with van der Waals surface area (Å²) in [6.07, 6.45) is 0.137. The van der Waals surface area contributed by atoms with E-state index in [0.29, 0.717) is 6.42 Å².